The number of halogens is 3. The molecule has 3 N–H and O–H groups in total. The molecule has 1 aliphatic heterocycles. The summed E-state index contributed by atoms with van der Waals surface area (Å²) in [5.41, 5.74) is -4.28. The summed E-state index contributed by atoms with van der Waals surface area (Å²) in [5, 5.41) is 12.9. The monoisotopic (exact) mass is 311 g/mol. The largest absolute Gasteiger partial charge is 0.480 e. The fourth-order valence-corrected chi connectivity index (χ4v) is 1.74. The van der Waals surface area contributed by atoms with E-state index in [1.807, 2.05) is 5.32 Å². The van der Waals surface area contributed by atoms with E-state index in [2.05, 4.69) is 5.32 Å². The van der Waals surface area contributed by atoms with E-state index in [0.29, 0.717) is 6.92 Å². The Morgan fingerprint density at radius 3 is 2.24 bits per heavy atom. The number of alkyl halides is 3. The first kappa shape index (κ1) is 17.2. The predicted octanol–water partition coefficient (Wildman–Crippen LogP) is 0.312. The Labute approximate surface area is 118 Å². The molecule has 1 fully saturated rings. The van der Waals surface area contributed by atoms with Crippen LogP contribution in [0.15, 0.2) is 0 Å². The molecule has 21 heavy (non-hydrogen) atoms. The van der Waals surface area contributed by atoms with E-state index in [4.69, 9.17) is 5.11 Å². The van der Waals surface area contributed by atoms with Crippen LogP contribution in [-0.2, 0) is 9.59 Å². The highest BCUT2D eigenvalue weighted by molar-refractivity contribution is 6.06. The molecule has 0 aromatic heterocycles. The summed E-state index contributed by atoms with van der Waals surface area (Å²) in [5.74, 6) is -2.68. The molecule has 0 aromatic rings. The van der Waals surface area contributed by atoms with Gasteiger partial charge < -0.3 is 10.4 Å². The van der Waals surface area contributed by atoms with Gasteiger partial charge in [-0.25, -0.2) is 9.59 Å². The number of rotatable bonds is 5. The standard InChI is InChI=1S/C11H16F3N3O4/c1-9(2)6(18)17(8(21)16-9)5-4-15-10(3,7(19)20)11(12,13)14/h15H,4-5H2,1-3H3,(H,16,21)(H,19,20). The molecule has 1 heterocycles. The average Bonchev–Trinajstić information content (AvgIpc) is 2.48. The Kier molecular flexibility index (Phi) is 4.24. The molecule has 0 saturated carbocycles. The number of carbonyl (C=O) groups is 3. The lowest BCUT2D eigenvalue weighted by Crippen LogP contribution is -2.61. The van der Waals surface area contributed by atoms with Crippen molar-refractivity contribution in [3.8, 4) is 0 Å². The van der Waals surface area contributed by atoms with Crippen LogP contribution in [0.3, 0.4) is 0 Å². The highest BCUT2D eigenvalue weighted by Crippen LogP contribution is 2.30. The SMILES string of the molecule is CC1(C)NC(=O)N(CCNC(C)(C(=O)O)C(F)(F)F)C1=O. The summed E-state index contributed by atoms with van der Waals surface area (Å²) in [7, 11) is 0. The molecule has 120 valence electrons. The van der Waals surface area contributed by atoms with Crippen molar-refractivity contribution in [2.45, 2.75) is 38.0 Å². The van der Waals surface area contributed by atoms with E-state index in [0.717, 1.165) is 4.90 Å². The summed E-state index contributed by atoms with van der Waals surface area (Å²) in [6, 6.07) is -0.726. The number of amides is 3. The van der Waals surface area contributed by atoms with Gasteiger partial charge in [-0.1, -0.05) is 0 Å². The van der Waals surface area contributed by atoms with Crippen molar-refractivity contribution < 1.29 is 32.7 Å². The van der Waals surface area contributed by atoms with Gasteiger partial charge in [-0.3, -0.25) is 15.0 Å². The van der Waals surface area contributed by atoms with Crippen molar-refractivity contribution in [2.24, 2.45) is 0 Å². The minimum atomic E-state index is -5.02. The fraction of sp³-hybridized carbons (Fsp3) is 0.727. The lowest BCUT2D eigenvalue weighted by atomic mass is 10.0. The van der Waals surface area contributed by atoms with E-state index in [9.17, 15) is 27.6 Å². The van der Waals surface area contributed by atoms with Crippen LogP contribution in [0.2, 0.25) is 0 Å². The van der Waals surface area contributed by atoms with Crippen LogP contribution in [0.4, 0.5) is 18.0 Å². The number of nitrogens with one attached hydrogen (secondary N) is 2. The molecule has 1 rings (SSSR count). The number of aliphatic carboxylic acids is 1. The fourth-order valence-electron chi connectivity index (χ4n) is 1.74. The highest BCUT2D eigenvalue weighted by atomic mass is 19.4. The average molecular weight is 311 g/mol. The Morgan fingerprint density at radius 2 is 1.90 bits per heavy atom. The molecule has 10 heteroatoms. The molecule has 0 radical (unpaired) electrons. The van der Waals surface area contributed by atoms with Crippen molar-refractivity contribution in [2.75, 3.05) is 13.1 Å². The predicted molar refractivity (Wildman–Crippen MR) is 64.4 cm³/mol. The zero-order valence-corrected chi connectivity index (χ0v) is 11.7. The first-order valence-electron chi connectivity index (χ1n) is 6.02. The number of carbonyl (C=O) groups excluding carboxylic acids is 2. The molecular weight excluding hydrogens is 295 g/mol. The number of hydrogen-bond donors (Lipinski definition) is 3. The lowest BCUT2D eigenvalue weighted by molar-refractivity contribution is -0.205. The second kappa shape index (κ2) is 5.17. The Bertz CT molecular complexity index is 478. The Hall–Kier alpha value is -1.84. The van der Waals surface area contributed by atoms with Crippen LogP contribution < -0.4 is 10.6 Å². The number of imide groups is 1. The summed E-state index contributed by atoms with van der Waals surface area (Å²) >= 11 is 0. The molecule has 0 spiro atoms. The number of nitrogens with zero attached hydrogens (tertiary/aromatic N) is 1. The van der Waals surface area contributed by atoms with Crippen molar-refractivity contribution in [1.82, 2.24) is 15.5 Å². The zero-order chi connectivity index (χ0) is 16.6. The summed E-state index contributed by atoms with van der Waals surface area (Å²) in [4.78, 5) is 34.8. The van der Waals surface area contributed by atoms with Crippen molar-refractivity contribution in [3.63, 3.8) is 0 Å². The molecule has 1 aliphatic rings. The van der Waals surface area contributed by atoms with E-state index in [1.165, 1.54) is 13.8 Å². The third-order valence-electron chi connectivity index (χ3n) is 3.25. The van der Waals surface area contributed by atoms with Crippen LogP contribution in [0, 0.1) is 0 Å². The van der Waals surface area contributed by atoms with Crippen LogP contribution in [0.5, 0.6) is 0 Å². The number of urea groups is 1. The van der Waals surface area contributed by atoms with Crippen molar-refractivity contribution >= 4 is 17.9 Å². The van der Waals surface area contributed by atoms with Crippen LogP contribution in [0.25, 0.3) is 0 Å². The summed E-state index contributed by atoms with van der Waals surface area (Å²) in [6.45, 7) is 2.52. The van der Waals surface area contributed by atoms with E-state index >= 15 is 0 Å². The van der Waals surface area contributed by atoms with Gasteiger partial charge in [0.25, 0.3) is 5.91 Å². The third kappa shape index (κ3) is 3.09. The maximum absolute atomic E-state index is 12.7. The quantitative estimate of drug-likeness (QED) is 0.635. The molecule has 1 saturated heterocycles. The van der Waals surface area contributed by atoms with Crippen molar-refractivity contribution in [3.05, 3.63) is 0 Å². The molecule has 1 atom stereocenters. The first-order valence-corrected chi connectivity index (χ1v) is 6.02. The minimum absolute atomic E-state index is 0.368. The first-order chi connectivity index (χ1) is 9.33. The zero-order valence-electron chi connectivity index (χ0n) is 11.7. The van der Waals surface area contributed by atoms with Crippen LogP contribution in [-0.4, -0.2) is 58.3 Å². The van der Waals surface area contributed by atoms with Gasteiger partial charge >= 0.3 is 18.2 Å². The van der Waals surface area contributed by atoms with Gasteiger partial charge in [-0.05, 0) is 20.8 Å². The second-order valence-corrected chi connectivity index (χ2v) is 5.37. The maximum atomic E-state index is 12.7. The summed E-state index contributed by atoms with van der Waals surface area (Å²) in [6.07, 6.45) is -5.02. The van der Waals surface area contributed by atoms with Gasteiger partial charge in [0, 0.05) is 13.1 Å². The van der Waals surface area contributed by atoms with Crippen molar-refractivity contribution in [1.29, 1.82) is 0 Å². The minimum Gasteiger partial charge on any atom is -0.480 e. The number of carboxylic acids is 1. The summed E-state index contributed by atoms with van der Waals surface area (Å²) < 4.78 is 38.2. The second-order valence-electron chi connectivity index (χ2n) is 5.37. The molecule has 0 aromatic carbocycles. The van der Waals surface area contributed by atoms with Crippen LogP contribution >= 0.6 is 0 Å². The van der Waals surface area contributed by atoms with Gasteiger partial charge in [0.05, 0.1) is 0 Å². The molecule has 7 nitrogen and oxygen atoms in total. The number of carboxylic acid groups (broad SMARTS) is 1. The van der Waals surface area contributed by atoms with Gasteiger partial charge in [0.15, 0.2) is 0 Å². The maximum Gasteiger partial charge on any atom is 0.417 e. The highest BCUT2D eigenvalue weighted by Gasteiger charge is 2.57. The van der Waals surface area contributed by atoms with Gasteiger partial charge in [0.2, 0.25) is 5.54 Å². The molecule has 0 aliphatic carbocycles. The normalized spacial score (nSPS) is 21.1. The van der Waals surface area contributed by atoms with E-state index in [1.54, 1.807) is 0 Å². The van der Waals surface area contributed by atoms with Crippen LogP contribution in [0.1, 0.15) is 20.8 Å². The van der Waals surface area contributed by atoms with Gasteiger partial charge in [-0.2, -0.15) is 13.2 Å². The third-order valence-corrected chi connectivity index (χ3v) is 3.25. The molecular formula is C11H16F3N3O4. The van der Waals surface area contributed by atoms with Gasteiger partial charge in [0.1, 0.15) is 5.54 Å². The Morgan fingerprint density at radius 1 is 1.38 bits per heavy atom. The topological polar surface area (TPSA) is 98.7 Å². The lowest BCUT2D eigenvalue weighted by Gasteiger charge is -2.29. The van der Waals surface area contributed by atoms with E-state index < -0.39 is 41.7 Å². The molecule has 0 bridgehead atoms. The van der Waals surface area contributed by atoms with Gasteiger partial charge in [-0.15, -0.1) is 0 Å². The molecule has 1 unspecified atom stereocenters. The Balaban J connectivity index is 2.71. The number of hydrogen-bond acceptors (Lipinski definition) is 4. The molecule has 3 amide bonds. The van der Waals surface area contributed by atoms with E-state index in [-0.39, 0.29) is 6.54 Å². The smallest absolute Gasteiger partial charge is 0.417 e.